The van der Waals surface area contributed by atoms with E-state index in [2.05, 4.69) is 15.1 Å². The fourth-order valence-electron chi connectivity index (χ4n) is 4.48. The predicted molar refractivity (Wildman–Crippen MR) is 125 cm³/mol. The lowest BCUT2D eigenvalue weighted by atomic mass is 10.1. The number of aromatic nitrogens is 4. The van der Waals surface area contributed by atoms with Gasteiger partial charge in [-0.15, -0.1) is 0 Å². The summed E-state index contributed by atoms with van der Waals surface area (Å²) in [6.07, 6.45) is 4.13. The average molecular weight is 513 g/mol. The minimum absolute atomic E-state index is 0.0418. The maximum Gasteiger partial charge on any atom is 0.354 e. The molecule has 0 unspecified atom stereocenters. The van der Waals surface area contributed by atoms with Gasteiger partial charge >= 0.3 is 5.97 Å². The second-order valence-electron chi connectivity index (χ2n) is 8.94. The highest BCUT2D eigenvalue weighted by Crippen LogP contribution is 2.49. The fourth-order valence-corrected chi connectivity index (χ4v) is 4.68. The summed E-state index contributed by atoms with van der Waals surface area (Å²) in [6.45, 7) is 1.05. The third kappa shape index (κ3) is 4.19. The Balaban J connectivity index is 1.34. The van der Waals surface area contributed by atoms with Crippen molar-refractivity contribution in [3.05, 3.63) is 75.8 Å². The number of hydrogen-bond acceptors (Lipinski definition) is 6. The molecule has 3 heterocycles. The molecule has 1 N–H and O–H groups in total. The SMILES string of the molecule is CN(C(=O)c1cnn2c1CN(C(=O)Cc1ccc(F)c(Cl)c1)CC2)C1(c2nccc(C(=O)O)n2)CC1. The first-order chi connectivity index (χ1) is 17.2. The molecule has 10 nitrogen and oxygen atoms in total. The molecule has 0 bridgehead atoms. The topological polar surface area (TPSA) is 122 Å². The molecule has 2 aliphatic rings. The van der Waals surface area contributed by atoms with Crippen molar-refractivity contribution in [3.8, 4) is 0 Å². The van der Waals surface area contributed by atoms with E-state index in [9.17, 15) is 23.9 Å². The van der Waals surface area contributed by atoms with Crippen molar-refractivity contribution < 1.29 is 23.9 Å². The van der Waals surface area contributed by atoms with Crippen molar-refractivity contribution in [3.63, 3.8) is 0 Å². The minimum atomic E-state index is -1.16. The van der Waals surface area contributed by atoms with Gasteiger partial charge < -0.3 is 14.9 Å². The number of carbonyl (C=O) groups excluding carboxylic acids is 2. The molecule has 12 heteroatoms. The molecule has 0 atom stereocenters. The van der Waals surface area contributed by atoms with E-state index in [1.54, 1.807) is 16.6 Å². The summed E-state index contributed by atoms with van der Waals surface area (Å²) in [5.41, 5.74) is 0.649. The molecule has 0 saturated heterocycles. The number of hydrogen-bond donors (Lipinski definition) is 1. The van der Waals surface area contributed by atoms with Crippen LogP contribution in [-0.2, 0) is 29.8 Å². The van der Waals surface area contributed by atoms with Gasteiger partial charge in [0.05, 0.1) is 42.0 Å². The van der Waals surface area contributed by atoms with E-state index in [4.69, 9.17) is 11.6 Å². The molecular weight excluding hydrogens is 491 g/mol. The Morgan fingerprint density at radius 2 is 2.00 bits per heavy atom. The van der Waals surface area contributed by atoms with Crippen LogP contribution >= 0.6 is 11.6 Å². The quantitative estimate of drug-likeness (QED) is 0.538. The van der Waals surface area contributed by atoms with Gasteiger partial charge in [-0.25, -0.2) is 19.2 Å². The molecule has 0 radical (unpaired) electrons. The van der Waals surface area contributed by atoms with Crippen LogP contribution in [-0.4, -0.2) is 66.0 Å². The number of carboxylic acids is 1. The molecular formula is C24H22ClFN6O4. The van der Waals surface area contributed by atoms with Gasteiger partial charge in [0.25, 0.3) is 5.91 Å². The molecule has 1 aliphatic carbocycles. The zero-order valence-corrected chi connectivity index (χ0v) is 20.1. The lowest BCUT2D eigenvalue weighted by Gasteiger charge is -2.30. The molecule has 2 aromatic heterocycles. The van der Waals surface area contributed by atoms with Gasteiger partial charge in [-0.3, -0.25) is 14.3 Å². The molecule has 5 rings (SSSR count). The van der Waals surface area contributed by atoms with Gasteiger partial charge in [0, 0.05) is 19.8 Å². The van der Waals surface area contributed by atoms with Gasteiger partial charge in [-0.2, -0.15) is 5.10 Å². The van der Waals surface area contributed by atoms with E-state index in [1.807, 2.05) is 0 Å². The first-order valence-electron chi connectivity index (χ1n) is 11.3. The van der Waals surface area contributed by atoms with Crippen LogP contribution in [0, 0.1) is 5.82 Å². The van der Waals surface area contributed by atoms with Crippen molar-refractivity contribution in [2.24, 2.45) is 0 Å². The van der Waals surface area contributed by atoms with Crippen LogP contribution in [0.15, 0.2) is 36.7 Å². The normalized spacial score (nSPS) is 15.8. The first kappa shape index (κ1) is 23.9. The molecule has 36 heavy (non-hydrogen) atoms. The number of fused-ring (bicyclic) bond motifs is 1. The number of benzene rings is 1. The van der Waals surface area contributed by atoms with Crippen LogP contribution in [0.25, 0.3) is 0 Å². The van der Waals surface area contributed by atoms with E-state index in [1.165, 1.54) is 41.6 Å². The lowest BCUT2D eigenvalue weighted by Crippen LogP contribution is -2.42. The molecule has 1 saturated carbocycles. The minimum Gasteiger partial charge on any atom is -0.477 e. The average Bonchev–Trinajstić information content (AvgIpc) is 3.58. The van der Waals surface area contributed by atoms with Crippen molar-refractivity contribution in [1.82, 2.24) is 29.5 Å². The molecule has 1 fully saturated rings. The van der Waals surface area contributed by atoms with E-state index in [0.29, 0.717) is 42.8 Å². The van der Waals surface area contributed by atoms with Crippen molar-refractivity contribution >= 4 is 29.4 Å². The Hall–Kier alpha value is -3.86. The van der Waals surface area contributed by atoms with Crippen LogP contribution in [0.2, 0.25) is 5.02 Å². The van der Waals surface area contributed by atoms with Gasteiger partial charge in [0.2, 0.25) is 5.91 Å². The maximum absolute atomic E-state index is 13.5. The van der Waals surface area contributed by atoms with E-state index >= 15 is 0 Å². The molecule has 186 valence electrons. The Labute approximate surface area is 210 Å². The molecule has 0 spiro atoms. The van der Waals surface area contributed by atoms with Gasteiger partial charge in [0.1, 0.15) is 11.4 Å². The Morgan fingerprint density at radius 1 is 1.22 bits per heavy atom. The van der Waals surface area contributed by atoms with Gasteiger partial charge in [-0.1, -0.05) is 17.7 Å². The molecule has 3 aromatic rings. The van der Waals surface area contributed by atoms with E-state index in [0.717, 1.165) is 0 Å². The third-order valence-electron chi connectivity index (χ3n) is 6.75. The number of carbonyl (C=O) groups is 3. The summed E-state index contributed by atoms with van der Waals surface area (Å²) in [5.74, 6) is -1.90. The number of amides is 2. The van der Waals surface area contributed by atoms with Crippen LogP contribution in [0.1, 0.15) is 50.8 Å². The van der Waals surface area contributed by atoms with Crippen molar-refractivity contribution in [1.29, 1.82) is 0 Å². The Bertz CT molecular complexity index is 1390. The number of carboxylic acid groups (broad SMARTS) is 1. The van der Waals surface area contributed by atoms with Crippen molar-refractivity contribution in [2.45, 2.75) is 37.9 Å². The van der Waals surface area contributed by atoms with Crippen LogP contribution in [0.5, 0.6) is 0 Å². The maximum atomic E-state index is 13.5. The second kappa shape index (κ2) is 8.98. The summed E-state index contributed by atoms with van der Waals surface area (Å²) in [4.78, 5) is 49.4. The smallest absolute Gasteiger partial charge is 0.354 e. The summed E-state index contributed by atoms with van der Waals surface area (Å²) < 4.78 is 15.2. The number of nitrogens with zero attached hydrogens (tertiary/aromatic N) is 6. The highest BCUT2D eigenvalue weighted by molar-refractivity contribution is 6.30. The molecule has 1 aliphatic heterocycles. The summed E-state index contributed by atoms with van der Waals surface area (Å²) in [7, 11) is 1.64. The highest BCUT2D eigenvalue weighted by atomic mass is 35.5. The summed E-state index contributed by atoms with van der Waals surface area (Å²) in [5, 5.41) is 13.6. The van der Waals surface area contributed by atoms with Crippen LogP contribution < -0.4 is 0 Å². The number of halogens is 2. The Morgan fingerprint density at radius 3 is 2.69 bits per heavy atom. The van der Waals surface area contributed by atoms with Crippen molar-refractivity contribution in [2.75, 3.05) is 13.6 Å². The van der Waals surface area contributed by atoms with E-state index in [-0.39, 0.29) is 41.3 Å². The predicted octanol–water partition coefficient (Wildman–Crippen LogP) is 2.51. The highest BCUT2D eigenvalue weighted by Gasteiger charge is 2.53. The summed E-state index contributed by atoms with van der Waals surface area (Å²) in [6, 6.07) is 5.49. The molecule has 1 aromatic carbocycles. The zero-order chi connectivity index (χ0) is 25.6. The third-order valence-corrected chi connectivity index (χ3v) is 7.04. The van der Waals surface area contributed by atoms with Gasteiger partial charge in [0.15, 0.2) is 11.5 Å². The van der Waals surface area contributed by atoms with E-state index < -0.39 is 17.3 Å². The monoisotopic (exact) mass is 512 g/mol. The standard InChI is InChI=1S/C24H22ClFN6O4/c1-30(24(5-6-24)23-27-7-4-18(29-23)22(35)36)21(34)15-12-28-32-9-8-31(13-19(15)32)20(33)11-14-2-3-17(26)16(25)10-14/h2-4,7,10,12H,5-6,8-9,11,13H2,1H3,(H,35,36). The van der Waals surface area contributed by atoms with Crippen LogP contribution in [0.4, 0.5) is 4.39 Å². The summed E-state index contributed by atoms with van der Waals surface area (Å²) >= 11 is 5.84. The molecule has 2 amide bonds. The number of aromatic carboxylic acids is 1. The van der Waals surface area contributed by atoms with Gasteiger partial charge in [-0.05, 0) is 36.6 Å². The first-order valence-corrected chi connectivity index (χ1v) is 11.7. The lowest BCUT2D eigenvalue weighted by molar-refractivity contribution is -0.132. The van der Waals surface area contributed by atoms with Crippen LogP contribution in [0.3, 0.4) is 0 Å². The zero-order valence-electron chi connectivity index (χ0n) is 19.3. The Kier molecular flexibility index (Phi) is 5.95. The fraction of sp³-hybridized carbons (Fsp3) is 0.333. The largest absolute Gasteiger partial charge is 0.477 e. The second-order valence-corrected chi connectivity index (χ2v) is 9.34. The number of rotatable bonds is 6.